The third-order valence-corrected chi connectivity index (χ3v) is 9.43. The van der Waals surface area contributed by atoms with Gasteiger partial charge in [-0.2, -0.15) is 4.31 Å². The van der Waals surface area contributed by atoms with Crippen LogP contribution in [-0.4, -0.2) is 48.6 Å². The van der Waals surface area contributed by atoms with Crippen molar-refractivity contribution in [1.82, 2.24) is 13.9 Å². The van der Waals surface area contributed by atoms with E-state index in [1.54, 1.807) is 22.5 Å². The molecule has 1 aromatic heterocycles. The molecule has 1 saturated heterocycles. The fourth-order valence-electron chi connectivity index (χ4n) is 4.34. The molecule has 0 N–H and O–H groups in total. The highest BCUT2D eigenvalue weighted by Gasteiger charge is 2.29. The van der Waals surface area contributed by atoms with E-state index in [-0.39, 0.29) is 10.7 Å². The van der Waals surface area contributed by atoms with Crippen LogP contribution in [-0.2, 0) is 27.1 Å². The van der Waals surface area contributed by atoms with Crippen LogP contribution in [0.3, 0.4) is 0 Å². The molecule has 4 rings (SSSR count). The highest BCUT2D eigenvalue weighted by Crippen LogP contribution is 2.32. The number of thioether (sulfide) groups is 1. The fraction of sp³-hybridized carbons (Fsp3) is 0.480. The minimum absolute atomic E-state index is 0.274. The molecule has 0 amide bonds. The largest absolute Gasteiger partial charge is 0.382 e. The van der Waals surface area contributed by atoms with Crippen LogP contribution in [0.2, 0.25) is 5.02 Å². The number of hydrogen-bond acceptors (Lipinski definition) is 5. The lowest BCUT2D eigenvalue weighted by molar-refractivity contribution is 0.141. The molecular formula is C25H31ClFN3O3S2. The molecule has 35 heavy (non-hydrogen) atoms. The summed E-state index contributed by atoms with van der Waals surface area (Å²) in [6.45, 7) is 7.13. The summed E-state index contributed by atoms with van der Waals surface area (Å²) in [7, 11) is -3.57. The Bertz CT molecular complexity index is 1280. The van der Waals surface area contributed by atoms with Crippen LogP contribution in [0, 0.1) is 11.7 Å². The second kappa shape index (κ2) is 11.6. The Morgan fingerprint density at radius 1 is 1.26 bits per heavy atom. The maximum atomic E-state index is 13.4. The average Bonchev–Trinajstić information content (AvgIpc) is 3.18. The van der Waals surface area contributed by atoms with Gasteiger partial charge in [-0.05, 0) is 68.0 Å². The molecule has 1 fully saturated rings. The summed E-state index contributed by atoms with van der Waals surface area (Å²) in [6, 6.07) is 9.59. The van der Waals surface area contributed by atoms with Gasteiger partial charge >= 0.3 is 0 Å². The maximum absolute atomic E-state index is 13.4. The summed E-state index contributed by atoms with van der Waals surface area (Å²) in [5.41, 5.74) is 2.33. The third kappa shape index (κ3) is 6.20. The van der Waals surface area contributed by atoms with E-state index in [1.165, 1.54) is 23.9 Å². The van der Waals surface area contributed by atoms with Crippen LogP contribution in [0.1, 0.15) is 38.7 Å². The van der Waals surface area contributed by atoms with Gasteiger partial charge in [0.2, 0.25) is 10.0 Å². The van der Waals surface area contributed by atoms with E-state index < -0.39 is 10.0 Å². The number of ether oxygens (including phenoxy) is 1. The summed E-state index contributed by atoms with van der Waals surface area (Å²) >= 11 is 7.71. The minimum Gasteiger partial charge on any atom is -0.382 e. The molecule has 190 valence electrons. The number of aryl methyl sites for hydroxylation is 1. The number of sulfonamides is 1. The number of rotatable bonds is 10. The van der Waals surface area contributed by atoms with Crippen LogP contribution in [0.4, 0.5) is 4.39 Å². The third-order valence-electron chi connectivity index (χ3n) is 6.19. The van der Waals surface area contributed by atoms with Crippen molar-refractivity contribution in [1.29, 1.82) is 0 Å². The molecule has 3 aromatic rings. The summed E-state index contributed by atoms with van der Waals surface area (Å²) in [6.07, 6.45) is 2.73. The van der Waals surface area contributed by atoms with Crippen molar-refractivity contribution in [2.45, 2.75) is 55.5 Å². The van der Waals surface area contributed by atoms with Crippen molar-refractivity contribution in [2.75, 3.05) is 26.3 Å². The van der Waals surface area contributed by atoms with Crippen molar-refractivity contribution >= 4 is 44.4 Å². The van der Waals surface area contributed by atoms with E-state index >= 15 is 0 Å². The number of benzene rings is 2. The lowest BCUT2D eigenvalue weighted by Crippen LogP contribution is -2.39. The van der Waals surface area contributed by atoms with Crippen LogP contribution in [0.15, 0.2) is 46.5 Å². The van der Waals surface area contributed by atoms with Gasteiger partial charge in [0.15, 0.2) is 5.16 Å². The van der Waals surface area contributed by atoms with Crippen LogP contribution < -0.4 is 0 Å². The molecule has 0 radical (unpaired) electrons. The van der Waals surface area contributed by atoms with Crippen molar-refractivity contribution in [3.63, 3.8) is 0 Å². The lowest BCUT2D eigenvalue weighted by atomic mass is 10.0. The number of imidazole rings is 1. The minimum atomic E-state index is -3.57. The average molecular weight is 540 g/mol. The van der Waals surface area contributed by atoms with Crippen LogP contribution >= 0.6 is 23.4 Å². The van der Waals surface area contributed by atoms with E-state index in [0.717, 1.165) is 35.5 Å². The highest BCUT2D eigenvalue weighted by atomic mass is 35.5. The van der Waals surface area contributed by atoms with Crippen molar-refractivity contribution in [3.05, 3.63) is 52.8 Å². The SMILES string of the molecule is CCOCCCn1c(SCc2ccc(F)cc2Cl)nc2cc(S(=O)(=O)N3CCCC(C)C3)ccc21. The molecule has 1 aliphatic heterocycles. The molecule has 0 saturated carbocycles. The number of halogens is 2. The molecule has 0 bridgehead atoms. The Morgan fingerprint density at radius 2 is 2.09 bits per heavy atom. The zero-order valence-electron chi connectivity index (χ0n) is 20.0. The standard InChI is InChI=1S/C25H31ClFN3O3S2/c1-3-33-13-5-12-30-24-10-9-21(35(31,32)29-11-4-6-18(2)16-29)15-23(24)28-25(30)34-17-19-7-8-20(27)14-22(19)26/h7-10,14-15,18H,3-6,11-13,16-17H2,1-2H3. The lowest BCUT2D eigenvalue weighted by Gasteiger charge is -2.30. The van der Waals surface area contributed by atoms with Gasteiger partial charge in [-0.1, -0.05) is 36.4 Å². The number of hydrogen-bond donors (Lipinski definition) is 0. The van der Waals surface area contributed by atoms with Crippen molar-refractivity contribution < 1.29 is 17.5 Å². The van der Waals surface area contributed by atoms with Crippen molar-refractivity contribution in [3.8, 4) is 0 Å². The fourth-order valence-corrected chi connectivity index (χ4v) is 7.31. The molecule has 10 heteroatoms. The number of fused-ring (bicyclic) bond motifs is 1. The first-order valence-corrected chi connectivity index (χ1v) is 14.7. The summed E-state index contributed by atoms with van der Waals surface area (Å²) in [5.74, 6) is 0.502. The molecule has 1 aliphatic rings. The Morgan fingerprint density at radius 3 is 2.83 bits per heavy atom. The Labute approximate surface area is 215 Å². The molecule has 1 unspecified atom stereocenters. The van der Waals surface area contributed by atoms with Gasteiger partial charge in [-0.25, -0.2) is 17.8 Å². The van der Waals surface area contributed by atoms with E-state index in [2.05, 4.69) is 11.5 Å². The Hall–Kier alpha value is -1.65. The predicted molar refractivity (Wildman–Crippen MR) is 139 cm³/mol. The normalized spacial score (nSPS) is 17.3. The van der Waals surface area contributed by atoms with Crippen molar-refractivity contribution in [2.24, 2.45) is 5.92 Å². The van der Waals surface area contributed by atoms with Gasteiger partial charge in [0, 0.05) is 43.6 Å². The maximum Gasteiger partial charge on any atom is 0.243 e. The Kier molecular flexibility index (Phi) is 8.76. The van der Waals surface area contributed by atoms with Gasteiger partial charge in [0.1, 0.15) is 5.82 Å². The first-order chi connectivity index (χ1) is 16.8. The smallest absolute Gasteiger partial charge is 0.243 e. The molecule has 0 aliphatic carbocycles. The molecule has 6 nitrogen and oxygen atoms in total. The highest BCUT2D eigenvalue weighted by molar-refractivity contribution is 7.98. The number of nitrogens with zero attached hydrogens (tertiary/aromatic N) is 3. The summed E-state index contributed by atoms with van der Waals surface area (Å²) in [4.78, 5) is 5.07. The molecular weight excluding hydrogens is 509 g/mol. The molecule has 2 heterocycles. The van der Waals surface area contributed by atoms with E-state index in [9.17, 15) is 12.8 Å². The van der Waals surface area contributed by atoms with Crippen LogP contribution in [0.5, 0.6) is 0 Å². The zero-order valence-corrected chi connectivity index (χ0v) is 22.4. The zero-order chi connectivity index (χ0) is 25.0. The van der Waals surface area contributed by atoms with Gasteiger partial charge in [-0.3, -0.25) is 0 Å². The van der Waals surface area contributed by atoms with Gasteiger partial charge < -0.3 is 9.30 Å². The topological polar surface area (TPSA) is 64.4 Å². The van der Waals surface area contributed by atoms with Gasteiger partial charge in [0.05, 0.1) is 15.9 Å². The number of piperidine rings is 1. The second-order valence-electron chi connectivity index (χ2n) is 8.88. The molecule has 0 spiro atoms. The van der Waals surface area contributed by atoms with Gasteiger partial charge in [0.25, 0.3) is 0 Å². The quantitative estimate of drug-likeness (QED) is 0.235. The summed E-state index contributed by atoms with van der Waals surface area (Å²) < 4.78 is 49.2. The van der Waals surface area contributed by atoms with E-state index in [1.807, 2.05) is 13.0 Å². The first-order valence-electron chi connectivity index (χ1n) is 11.9. The van der Waals surface area contributed by atoms with Gasteiger partial charge in [-0.15, -0.1) is 0 Å². The predicted octanol–water partition coefficient (Wildman–Crippen LogP) is 5.97. The molecule has 1 atom stereocenters. The Balaban J connectivity index is 1.63. The monoisotopic (exact) mass is 539 g/mol. The van der Waals surface area contributed by atoms with E-state index in [0.29, 0.717) is 55.1 Å². The van der Waals surface area contributed by atoms with E-state index in [4.69, 9.17) is 21.3 Å². The molecule has 2 aromatic carbocycles. The summed E-state index contributed by atoms with van der Waals surface area (Å²) in [5, 5.41) is 1.14. The van der Waals surface area contributed by atoms with Crippen LogP contribution in [0.25, 0.3) is 11.0 Å². The second-order valence-corrected chi connectivity index (χ2v) is 12.2. The first kappa shape index (κ1) is 26.4. The number of aromatic nitrogens is 2.